The van der Waals surface area contributed by atoms with Crippen molar-refractivity contribution in [3.8, 4) is 0 Å². The Morgan fingerprint density at radius 2 is 1.71 bits per heavy atom. The molecular formula is C22H30N2O3S. The average Bonchev–Trinajstić information content (AvgIpc) is 2.68. The smallest absolute Gasteiger partial charge is 0.261 e. The second-order valence-corrected chi connectivity index (χ2v) is 8.77. The van der Waals surface area contributed by atoms with Crippen molar-refractivity contribution >= 4 is 21.6 Å². The third kappa shape index (κ3) is 6.09. The summed E-state index contributed by atoms with van der Waals surface area (Å²) in [5, 5.41) is 2.96. The summed E-state index contributed by atoms with van der Waals surface area (Å²) in [6.45, 7) is 6.76. The molecule has 2 aromatic rings. The third-order valence-electron chi connectivity index (χ3n) is 4.84. The highest BCUT2D eigenvalue weighted by atomic mass is 32.2. The number of rotatable bonds is 10. The summed E-state index contributed by atoms with van der Waals surface area (Å²) in [6, 6.07) is 13.3. The minimum Gasteiger partial charge on any atom is -0.352 e. The molecule has 5 nitrogen and oxygen atoms in total. The van der Waals surface area contributed by atoms with Gasteiger partial charge in [0.25, 0.3) is 15.9 Å². The van der Waals surface area contributed by atoms with Crippen LogP contribution >= 0.6 is 0 Å². The molecule has 0 aromatic heterocycles. The zero-order valence-electron chi connectivity index (χ0n) is 16.9. The van der Waals surface area contributed by atoms with Gasteiger partial charge in [0.15, 0.2) is 0 Å². The number of amides is 1. The summed E-state index contributed by atoms with van der Waals surface area (Å²) in [7, 11) is -3.76. The average molecular weight is 403 g/mol. The predicted molar refractivity (Wildman–Crippen MR) is 114 cm³/mol. The molecular weight excluding hydrogens is 372 g/mol. The number of anilines is 1. The fourth-order valence-electron chi connectivity index (χ4n) is 2.97. The van der Waals surface area contributed by atoms with Crippen molar-refractivity contribution in [1.82, 2.24) is 5.32 Å². The van der Waals surface area contributed by atoms with E-state index in [1.807, 2.05) is 6.92 Å². The van der Waals surface area contributed by atoms with E-state index in [0.717, 1.165) is 31.2 Å². The molecule has 6 heteroatoms. The van der Waals surface area contributed by atoms with E-state index < -0.39 is 10.0 Å². The maximum absolute atomic E-state index is 12.7. The van der Waals surface area contributed by atoms with Gasteiger partial charge in [-0.2, -0.15) is 0 Å². The van der Waals surface area contributed by atoms with Crippen LogP contribution in [0.2, 0.25) is 0 Å². The molecule has 28 heavy (non-hydrogen) atoms. The summed E-state index contributed by atoms with van der Waals surface area (Å²) in [4.78, 5) is 12.8. The number of sulfonamides is 1. The van der Waals surface area contributed by atoms with Gasteiger partial charge < -0.3 is 5.32 Å². The predicted octanol–water partition coefficient (Wildman–Crippen LogP) is 4.74. The van der Waals surface area contributed by atoms with Gasteiger partial charge >= 0.3 is 0 Å². The number of para-hydroxylation sites is 1. The zero-order valence-corrected chi connectivity index (χ0v) is 17.7. The maximum Gasteiger partial charge on any atom is 0.261 e. The van der Waals surface area contributed by atoms with E-state index in [4.69, 9.17) is 0 Å². The fourth-order valence-corrected chi connectivity index (χ4v) is 4.05. The van der Waals surface area contributed by atoms with Gasteiger partial charge in [-0.3, -0.25) is 9.52 Å². The van der Waals surface area contributed by atoms with Crippen molar-refractivity contribution in [1.29, 1.82) is 0 Å². The van der Waals surface area contributed by atoms with Crippen LogP contribution < -0.4 is 10.0 Å². The molecule has 0 saturated heterocycles. The van der Waals surface area contributed by atoms with E-state index >= 15 is 0 Å². The number of carbonyl (C=O) groups excluding carboxylic acids is 1. The van der Waals surface area contributed by atoms with Gasteiger partial charge in [0.05, 0.1) is 16.1 Å². The first-order valence-electron chi connectivity index (χ1n) is 9.84. The lowest BCUT2D eigenvalue weighted by Crippen LogP contribution is -2.30. The van der Waals surface area contributed by atoms with Crippen molar-refractivity contribution in [2.24, 2.45) is 5.92 Å². The Bertz CT molecular complexity index is 877. The highest BCUT2D eigenvalue weighted by molar-refractivity contribution is 7.92. The Balaban J connectivity index is 2.13. The van der Waals surface area contributed by atoms with Crippen LogP contribution in [0.1, 0.15) is 55.5 Å². The molecule has 1 amide bonds. The number of unbranched alkanes of at least 4 members (excludes halogenated alkanes) is 1. The molecule has 0 bridgehead atoms. The van der Waals surface area contributed by atoms with Gasteiger partial charge in [-0.05, 0) is 43.5 Å². The van der Waals surface area contributed by atoms with E-state index in [2.05, 4.69) is 23.9 Å². The normalized spacial score (nSPS) is 12.4. The highest BCUT2D eigenvalue weighted by Crippen LogP contribution is 2.21. The van der Waals surface area contributed by atoms with E-state index in [1.54, 1.807) is 48.5 Å². The Kier molecular flexibility index (Phi) is 8.05. The van der Waals surface area contributed by atoms with Crippen LogP contribution in [0.3, 0.4) is 0 Å². The largest absolute Gasteiger partial charge is 0.352 e. The number of hydrogen-bond acceptors (Lipinski definition) is 3. The second-order valence-electron chi connectivity index (χ2n) is 7.09. The van der Waals surface area contributed by atoms with E-state index in [1.165, 1.54) is 0 Å². The molecule has 0 aliphatic heterocycles. The Morgan fingerprint density at radius 1 is 1.04 bits per heavy atom. The molecule has 152 valence electrons. The first-order valence-corrected chi connectivity index (χ1v) is 11.3. The van der Waals surface area contributed by atoms with E-state index in [9.17, 15) is 13.2 Å². The molecule has 0 saturated carbocycles. The number of carbonyl (C=O) groups is 1. The Morgan fingerprint density at radius 3 is 2.36 bits per heavy atom. The maximum atomic E-state index is 12.7. The molecule has 0 radical (unpaired) electrons. The third-order valence-corrected chi connectivity index (χ3v) is 6.22. The van der Waals surface area contributed by atoms with Crippen molar-refractivity contribution in [3.05, 3.63) is 59.7 Å². The highest BCUT2D eigenvalue weighted by Gasteiger charge is 2.19. The van der Waals surface area contributed by atoms with E-state index in [0.29, 0.717) is 18.0 Å². The van der Waals surface area contributed by atoms with Crippen molar-refractivity contribution in [3.63, 3.8) is 0 Å². The lowest BCUT2D eigenvalue weighted by Gasteiger charge is -2.17. The number of nitrogens with one attached hydrogen (secondary N) is 2. The van der Waals surface area contributed by atoms with Crippen molar-refractivity contribution in [2.75, 3.05) is 11.3 Å². The SMILES string of the molecule is CCCCC(CC)CNC(=O)c1ccccc1NS(=O)(=O)c1ccc(C)cc1. The van der Waals surface area contributed by atoms with Crippen LogP contribution in [-0.4, -0.2) is 20.9 Å². The number of aryl methyl sites for hydroxylation is 1. The van der Waals surface area contributed by atoms with Crippen LogP contribution in [0.4, 0.5) is 5.69 Å². The molecule has 1 unspecified atom stereocenters. The Hall–Kier alpha value is -2.34. The van der Waals surface area contributed by atoms with Gasteiger partial charge in [0.1, 0.15) is 0 Å². The standard InChI is InChI=1S/C22H30N2O3S/c1-4-6-9-18(5-2)16-23-22(25)20-10-7-8-11-21(20)24-28(26,27)19-14-12-17(3)13-15-19/h7-8,10-15,18,24H,4-6,9,16H2,1-3H3,(H,23,25). The summed E-state index contributed by atoms with van der Waals surface area (Å²) in [6.07, 6.45) is 4.35. The summed E-state index contributed by atoms with van der Waals surface area (Å²) in [5.74, 6) is 0.164. The zero-order chi connectivity index (χ0) is 20.6. The van der Waals surface area contributed by atoms with Crippen LogP contribution in [-0.2, 0) is 10.0 Å². The molecule has 2 rings (SSSR count). The molecule has 0 aliphatic rings. The van der Waals surface area contributed by atoms with Gasteiger partial charge in [-0.25, -0.2) is 8.42 Å². The minimum atomic E-state index is -3.76. The molecule has 1 atom stereocenters. The summed E-state index contributed by atoms with van der Waals surface area (Å²) >= 11 is 0. The second kappa shape index (κ2) is 10.3. The van der Waals surface area contributed by atoms with Crippen LogP contribution in [0, 0.1) is 12.8 Å². The molecule has 0 spiro atoms. The molecule has 0 heterocycles. The molecule has 2 aromatic carbocycles. The van der Waals surface area contributed by atoms with Crippen LogP contribution in [0.25, 0.3) is 0 Å². The number of benzene rings is 2. The van der Waals surface area contributed by atoms with Crippen molar-refractivity contribution < 1.29 is 13.2 Å². The molecule has 0 aliphatic carbocycles. The number of hydrogen-bond donors (Lipinski definition) is 2. The Labute approximate surface area is 168 Å². The first-order chi connectivity index (χ1) is 13.4. The van der Waals surface area contributed by atoms with Crippen molar-refractivity contribution in [2.45, 2.75) is 51.3 Å². The fraction of sp³-hybridized carbons (Fsp3) is 0.409. The minimum absolute atomic E-state index is 0.166. The van der Waals surface area contributed by atoms with Gasteiger partial charge in [0.2, 0.25) is 0 Å². The summed E-state index contributed by atoms with van der Waals surface area (Å²) in [5.41, 5.74) is 1.58. The quantitative estimate of drug-likeness (QED) is 0.603. The molecule has 2 N–H and O–H groups in total. The van der Waals surface area contributed by atoms with Gasteiger partial charge in [-0.15, -0.1) is 0 Å². The monoisotopic (exact) mass is 402 g/mol. The lowest BCUT2D eigenvalue weighted by atomic mass is 9.99. The first kappa shape index (κ1) is 22.0. The summed E-state index contributed by atoms with van der Waals surface area (Å²) < 4.78 is 27.9. The topological polar surface area (TPSA) is 75.3 Å². The lowest BCUT2D eigenvalue weighted by molar-refractivity contribution is 0.0946. The van der Waals surface area contributed by atoms with E-state index in [-0.39, 0.29) is 16.5 Å². The van der Waals surface area contributed by atoms with Crippen LogP contribution in [0.5, 0.6) is 0 Å². The van der Waals surface area contributed by atoms with Gasteiger partial charge in [-0.1, -0.05) is 62.9 Å². The molecule has 0 fully saturated rings. The van der Waals surface area contributed by atoms with Crippen LogP contribution in [0.15, 0.2) is 53.4 Å². The van der Waals surface area contributed by atoms with Gasteiger partial charge in [0, 0.05) is 6.54 Å².